The van der Waals surface area contributed by atoms with Crippen LogP contribution >= 0.6 is 11.6 Å². The van der Waals surface area contributed by atoms with Gasteiger partial charge in [0.15, 0.2) is 6.29 Å². The average molecular weight is 291 g/mol. The first-order chi connectivity index (χ1) is 9.63. The third kappa shape index (κ3) is 3.16. The summed E-state index contributed by atoms with van der Waals surface area (Å²) < 4.78 is 10.2. The predicted molar refractivity (Wildman–Crippen MR) is 74.7 cm³/mol. The largest absolute Gasteiger partial charge is 0.465 e. The van der Waals surface area contributed by atoms with Crippen LogP contribution in [0.4, 0.5) is 0 Å². The average Bonchev–Trinajstić information content (AvgIpc) is 2.49. The highest BCUT2D eigenvalue weighted by Crippen LogP contribution is 2.27. The Kier molecular flexibility index (Phi) is 4.38. The van der Waals surface area contributed by atoms with E-state index in [1.165, 1.54) is 13.2 Å². The monoisotopic (exact) mass is 290 g/mol. The Balaban J connectivity index is 2.22. The van der Waals surface area contributed by atoms with Crippen LogP contribution in [-0.2, 0) is 4.74 Å². The molecule has 0 aromatic heterocycles. The number of aldehydes is 1. The number of hydrogen-bond donors (Lipinski definition) is 0. The van der Waals surface area contributed by atoms with Crippen molar-refractivity contribution < 1.29 is 19.1 Å². The van der Waals surface area contributed by atoms with E-state index in [9.17, 15) is 9.59 Å². The number of benzene rings is 2. The molecule has 2 aromatic carbocycles. The smallest absolute Gasteiger partial charge is 0.337 e. The van der Waals surface area contributed by atoms with Crippen LogP contribution < -0.4 is 4.74 Å². The van der Waals surface area contributed by atoms with Crippen molar-refractivity contribution in [3.63, 3.8) is 0 Å². The van der Waals surface area contributed by atoms with E-state index in [1.54, 1.807) is 36.4 Å². The molecule has 0 saturated carbocycles. The molecule has 0 bridgehead atoms. The molecule has 0 atom stereocenters. The molecule has 0 spiro atoms. The maximum atomic E-state index is 11.3. The van der Waals surface area contributed by atoms with Crippen molar-refractivity contribution in [3.05, 3.63) is 58.6 Å². The van der Waals surface area contributed by atoms with Gasteiger partial charge >= 0.3 is 5.97 Å². The zero-order valence-electron chi connectivity index (χ0n) is 10.6. The lowest BCUT2D eigenvalue weighted by Gasteiger charge is -2.08. The number of rotatable bonds is 4. The van der Waals surface area contributed by atoms with E-state index in [4.69, 9.17) is 16.3 Å². The molecule has 20 heavy (non-hydrogen) atoms. The Morgan fingerprint density at radius 2 is 1.85 bits per heavy atom. The molecule has 4 nitrogen and oxygen atoms in total. The third-order valence-corrected chi connectivity index (χ3v) is 2.84. The Bertz CT molecular complexity index is 635. The van der Waals surface area contributed by atoms with E-state index >= 15 is 0 Å². The van der Waals surface area contributed by atoms with Gasteiger partial charge in [0.05, 0.1) is 18.2 Å². The van der Waals surface area contributed by atoms with Gasteiger partial charge in [-0.2, -0.15) is 0 Å². The molecule has 0 radical (unpaired) electrons. The van der Waals surface area contributed by atoms with Gasteiger partial charge in [0.25, 0.3) is 0 Å². The normalized spacial score (nSPS) is 9.90. The number of carbonyl (C=O) groups is 2. The van der Waals surface area contributed by atoms with E-state index in [2.05, 4.69) is 4.74 Å². The van der Waals surface area contributed by atoms with E-state index in [-0.39, 0.29) is 0 Å². The van der Waals surface area contributed by atoms with Gasteiger partial charge in [-0.05, 0) is 42.5 Å². The fraction of sp³-hybridized carbons (Fsp3) is 0.0667. The standard InChI is InChI=1S/C15H11ClO4/c1-19-15(18)10-2-5-13(6-3-10)20-14-7-4-12(16)8-11(14)9-17/h2-9H,1H3. The summed E-state index contributed by atoms with van der Waals surface area (Å²) in [5.41, 5.74) is 0.779. The molecule has 2 rings (SSSR count). The maximum Gasteiger partial charge on any atom is 0.337 e. The van der Waals surface area contributed by atoms with Crippen LogP contribution in [0.25, 0.3) is 0 Å². The highest BCUT2D eigenvalue weighted by atomic mass is 35.5. The first-order valence-corrected chi connectivity index (χ1v) is 6.13. The quantitative estimate of drug-likeness (QED) is 0.636. The second-order valence-electron chi connectivity index (χ2n) is 3.92. The van der Waals surface area contributed by atoms with Crippen LogP contribution in [0.5, 0.6) is 11.5 Å². The van der Waals surface area contributed by atoms with Crippen LogP contribution in [0.1, 0.15) is 20.7 Å². The van der Waals surface area contributed by atoms with Crippen molar-refractivity contribution >= 4 is 23.9 Å². The lowest BCUT2D eigenvalue weighted by atomic mass is 10.2. The number of esters is 1. The zero-order chi connectivity index (χ0) is 14.5. The summed E-state index contributed by atoms with van der Waals surface area (Å²) in [6, 6.07) is 11.2. The van der Waals surface area contributed by atoms with E-state index in [0.717, 1.165) is 0 Å². The summed E-state index contributed by atoms with van der Waals surface area (Å²) >= 11 is 5.80. The third-order valence-electron chi connectivity index (χ3n) is 2.60. The van der Waals surface area contributed by atoms with Crippen LogP contribution in [0.2, 0.25) is 5.02 Å². The number of hydrogen-bond acceptors (Lipinski definition) is 4. The molecule has 0 aliphatic rings. The Labute approximate surface area is 120 Å². The number of carbonyl (C=O) groups excluding carboxylic acids is 2. The Hall–Kier alpha value is -2.33. The number of halogens is 1. The second-order valence-corrected chi connectivity index (χ2v) is 4.35. The number of methoxy groups -OCH3 is 1. The topological polar surface area (TPSA) is 52.6 Å². The highest BCUT2D eigenvalue weighted by Gasteiger charge is 2.07. The van der Waals surface area contributed by atoms with Gasteiger partial charge in [0, 0.05) is 5.02 Å². The van der Waals surface area contributed by atoms with Gasteiger partial charge in [0.2, 0.25) is 0 Å². The fourth-order valence-corrected chi connectivity index (χ4v) is 1.79. The van der Waals surface area contributed by atoms with Crippen molar-refractivity contribution in [1.82, 2.24) is 0 Å². The van der Waals surface area contributed by atoms with Gasteiger partial charge in [-0.3, -0.25) is 4.79 Å². The van der Waals surface area contributed by atoms with Gasteiger partial charge in [0.1, 0.15) is 11.5 Å². The molecule has 0 saturated heterocycles. The van der Waals surface area contributed by atoms with Gasteiger partial charge in [-0.1, -0.05) is 11.6 Å². The summed E-state index contributed by atoms with van der Waals surface area (Å²) in [5, 5.41) is 0.459. The molecule has 0 N–H and O–H groups in total. The molecule has 5 heteroatoms. The minimum absolute atomic E-state index is 0.356. The molecule has 0 aliphatic heterocycles. The summed E-state index contributed by atoms with van der Waals surface area (Å²) in [6.07, 6.45) is 0.671. The predicted octanol–water partition coefficient (Wildman–Crippen LogP) is 3.73. The fourth-order valence-electron chi connectivity index (χ4n) is 1.61. The molecule has 0 amide bonds. The lowest BCUT2D eigenvalue weighted by molar-refractivity contribution is 0.0600. The molecule has 0 fully saturated rings. The van der Waals surface area contributed by atoms with E-state index < -0.39 is 5.97 Å². The van der Waals surface area contributed by atoms with E-state index in [0.29, 0.717) is 33.9 Å². The lowest BCUT2D eigenvalue weighted by Crippen LogP contribution is -2.00. The Morgan fingerprint density at radius 3 is 2.45 bits per heavy atom. The van der Waals surface area contributed by atoms with Crippen molar-refractivity contribution in [3.8, 4) is 11.5 Å². The maximum absolute atomic E-state index is 11.3. The van der Waals surface area contributed by atoms with Crippen molar-refractivity contribution in [2.75, 3.05) is 7.11 Å². The molecular weight excluding hydrogens is 280 g/mol. The second kappa shape index (κ2) is 6.21. The molecule has 2 aromatic rings. The van der Waals surface area contributed by atoms with Crippen molar-refractivity contribution in [2.45, 2.75) is 0 Å². The van der Waals surface area contributed by atoms with E-state index in [1.807, 2.05) is 0 Å². The summed E-state index contributed by atoms with van der Waals surface area (Å²) in [7, 11) is 1.32. The molecule has 102 valence electrons. The summed E-state index contributed by atoms with van der Waals surface area (Å²) in [5.74, 6) is 0.481. The molecule has 0 unspecified atom stereocenters. The minimum Gasteiger partial charge on any atom is -0.465 e. The van der Waals surface area contributed by atoms with Gasteiger partial charge in [-0.25, -0.2) is 4.79 Å². The number of ether oxygens (including phenoxy) is 2. The van der Waals surface area contributed by atoms with Crippen LogP contribution in [0, 0.1) is 0 Å². The van der Waals surface area contributed by atoms with Crippen LogP contribution in [0.3, 0.4) is 0 Å². The van der Waals surface area contributed by atoms with Crippen molar-refractivity contribution in [1.29, 1.82) is 0 Å². The first-order valence-electron chi connectivity index (χ1n) is 5.75. The summed E-state index contributed by atoms with van der Waals surface area (Å²) in [6.45, 7) is 0. The highest BCUT2D eigenvalue weighted by molar-refractivity contribution is 6.30. The molecular formula is C15H11ClO4. The molecule has 0 aliphatic carbocycles. The zero-order valence-corrected chi connectivity index (χ0v) is 11.4. The van der Waals surface area contributed by atoms with Gasteiger partial charge < -0.3 is 9.47 Å². The first kappa shape index (κ1) is 14.1. The Morgan fingerprint density at radius 1 is 1.15 bits per heavy atom. The van der Waals surface area contributed by atoms with Crippen molar-refractivity contribution in [2.24, 2.45) is 0 Å². The van der Waals surface area contributed by atoms with Crippen LogP contribution in [0.15, 0.2) is 42.5 Å². The van der Waals surface area contributed by atoms with Gasteiger partial charge in [-0.15, -0.1) is 0 Å². The van der Waals surface area contributed by atoms with Crippen LogP contribution in [-0.4, -0.2) is 19.4 Å². The SMILES string of the molecule is COC(=O)c1ccc(Oc2ccc(Cl)cc2C=O)cc1. The molecule has 0 heterocycles. The summed E-state index contributed by atoms with van der Waals surface area (Å²) in [4.78, 5) is 22.2. The minimum atomic E-state index is -0.420.